The number of benzene rings is 2. The van der Waals surface area contributed by atoms with Crippen LogP contribution in [-0.2, 0) is 11.2 Å². The van der Waals surface area contributed by atoms with Crippen molar-refractivity contribution in [2.75, 3.05) is 20.4 Å². The molecule has 1 N–H and O–H groups in total. The van der Waals surface area contributed by atoms with Crippen LogP contribution in [0.4, 0.5) is 0 Å². The molecule has 5 rings (SSSR count). The first-order chi connectivity index (χ1) is 13.2. The quantitative estimate of drug-likeness (QED) is 0.757. The van der Waals surface area contributed by atoms with E-state index in [1.54, 1.807) is 14.0 Å². The van der Waals surface area contributed by atoms with Crippen LogP contribution in [0.15, 0.2) is 36.4 Å². The molecule has 2 aliphatic heterocycles. The predicted molar refractivity (Wildman–Crippen MR) is 100 cm³/mol. The lowest BCUT2D eigenvalue weighted by molar-refractivity contribution is -0.130. The number of fused-ring (bicyclic) bond motifs is 4. The largest absolute Gasteiger partial charge is 0.493 e. The summed E-state index contributed by atoms with van der Waals surface area (Å²) in [6.07, 6.45) is 0.830. The minimum absolute atomic E-state index is 0.0425. The number of amides is 1. The van der Waals surface area contributed by atoms with E-state index in [0.29, 0.717) is 23.8 Å². The van der Waals surface area contributed by atoms with Crippen molar-refractivity contribution in [2.45, 2.75) is 19.4 Å². The molecule has 6 heteroatoms. The molecule has 0 bridgehead atoms. The van der Waals surface area contributed by atoms with Gasteiger partial charge >= 0.3 is 0 Å². The SMILES string of the molecule is COc1cc([C@@H]2c3[nH]c4ccccc4c3CCN2C(C)=O)cc2c1OCO2. The fourth-order valence-electron chi connectivity index (χ4n) is 4.23. The standard InChI is InChI=1S/C21H20N2O4/c1-12(24)23-8-7-15-14-5-3-4-6-16(14)22-19(15)20(23)13-9-17(25-2)21-18(10-13)26-11-27-21/h3-6,9-10,20,22H,7-8,11H2,1-2H3/t20-/m1/s1. The van der Waals surface area contributed by atoms with Gasteiger partial charge in [0.05, 0.1) is 13.2 Å². The molecular formula is C21H20N2O4. The smallest absolute Gasteiger partial charge is 0.231 e. The highest BCUT2D eigenvalue weighted by Gasteiger charge is 2.35. The number of ether oxygens (including phenoxy) is 3. The molecule has 0 fully saturated rings. The van der Waals surface area contributed by atoms with E-state index in [-0.39, 0.29) is 18.7 Å². The molecular weight excluding hydrogens is 344 g/mol. The third-order valence-corrected chi connectivity index (χ3v) is 5.44. The highest BCUT2D eigenvalue weighted by atomic mass is 16.7. The van der Waals surface area contributed by atoms with Crippen molar-refractivity contribution in [1.29, 1.82) is 0 Å². The van der Waals surface area contributed by atoms with E-state index in [4.69, 9.17) is 14.2 Å². The van der Waals surface area contributed by atoms with E-state index < -0.39 is 0 Å². The van der Waals surface area contributed by atoms with Gasteiger partial charge in [0.1, 0.15) is 0 Å². The Kier molecular flexibility index (Phi) is 3.53. The second-order valence-electron chi connectivity index (χ2n) is 6.88. The summed E-state index contributed by atoms with van der Waals surface area (Å²) >= 11 is 0. The third kappa shape index (κ3) is 2.36. The van der Waals surface area contributed by atoms with Gasteiger partial charge in [0.15, 0.2) is 11.5 Å². The number of nitrogens with zero attached hydrogens (tertiary/aromatic N) is 1. The summed E-state index contributed by atoms with van der Waals surface area (Å²) in [7, 11) is 1.61. The van der Waals surface area contributed by atoms with Crippen LogP contribution in [0.1, 0.15) is 29.8 Å². The Morgan fingerprint density at radius 2 is 2.11 bits per heavy atom. The summed E-state index contributed by atoms with van der Waals surface area (Å²) in [6.45, 7) is 2.46. The maximum absolute atomic E-state index is 12.4. The zero-order valence-corrected chi connectivity index (χ0v) is 15.2. The number of rotatable bonds is 2. The van der Waals surface area contributed by atoms with Gasteiger partial charge in [0.25, 0.3) is 0 Å². The molecule has 3 aromatic rings. The Morgan fingerprint density at radius 1 is 1.26 bits per heavy atom. The maximum atomic E-state index is 12.4. The highest BCUT2D eigenvalue weighted by Crippen LogP contribution is 2.46. The number of aromatic nitrogens is 1. The second kappa shape index (κ2) is 5.94. The Morgan fingerprint density at radius 3 is 2.93 bits per heavy atom. The number of aromatic amines is 1. The van der Waals surface area contributed by atoms with Crippen LogP contribution in [0, 0.1) is 0 Å². The summed E-state index contributed by atoms with van der Waals surface area (Å²) in [5, 5.41) is 1.22. The molecule has 0 saturated carbocycles. The number of carbonyl (C=O) groups is 1. The molecule has 2 aromatic carbocycles. The van der Waals surface area contributed by atoms with Gasteiger partial charge in [-0.15, -0.1) is 0 Å². The molecule has 1 amide bonds. The molecule has 1 atom stereocenters. The topological polar surface area (TPSA) is 63.8 Å². The number of carbonyl (C=O) groups excluding carboxylic acids is 1. The summed E-state index contributed by atoms with van der Waals surface area (Å²) in [5.41, 5.74) is 4.35. The minimum atomic E-state index is -0.220. The zero-order valence-electron chi connectivity index (χ0n) is 15.2. The summed E-state index contributed by atoms with van der Waals surface area (Å²) in [4.78, 5) is 17.9. The van der Waals surface area contributed by atoms with Crippen molar-refractivity contribution < 1.29 is 19.0 Å². The van der Waals surface area contributed by atoms with E-state index in [0.717, 1.165) is 23.2 Å². The lowest BCUT2D eigenvalue weighted by Crippen LogP contribution is -2.39. The van der Waals surface area contributed by atoms with Crippen LogP contribution in [0.2, 0.25) is 0 Å². The van der Waals surface area contributed by atoms with Gasteiger partial charge in [-0.1, -0.05) is 18.2 Å². The molecule has 0 radical (unpaired) electrons. The number of H-pyrrole nitrogens is 1. The predicted octanol–water partition coefficient (Wildman–Crippen LogP) is 3.40. The average Bonchev–Trinajstić information content (AvgIpc) is 3.30. The highest BCUT2D eigenvalue weighted by molar-refractivity contribution is 5.86. The van der Waals surface area contributed by atoms with Crippen molar-refractivity contribution in [2.24, 2.45) is 0 Å². The van der Waals surface area contributed by atoms with Gasteiger partial charge in [0, 0.05) is 30.1 Å². The maximum Gasteiger partial charge on any atom is 0.231 e. The molecule has 6 nitrogen and oxygen atoms in total. The van der Waals surface area contributed by atoms with Crippen molar-refractivity contribution in [3.05, 3.63) is 53.2 Å². The molecule has 27 heavy (non-hydrogen) atoms. The Balaban J connectivity index is 1.73. The van der Waals surface area contributed by atoms with E-state index >= 15 is 0 Å². The van der Waals surface area contributed by atoms with Gasteiger partial charge in [-0.25, -0.2) is 0 Å². The number of hydrogen-bond donors (Lipinski definition) is 1. The van der Waals surface area contributed by atoms with E-state index in [1.165, 1.54) is 10.9 Å². The lowest BCUT2D eigenvalue weighted by Gasteiger charge is -2.35. The van der Waals surface area contributed by atoms with Crippen LogP contribution in [-0.4, -0.2) is 36.2 Å². The van der Waals surface area contributed by atoms with Gasteiger partial charge in [0.2, 0.25) is 18.4 Å². The minimum Gasteiger partial charge on any atom is -0.493 e. The van der Waals surface area contributed by atoms with Crippen LogP contribution >= 0.6 is 0 Å². The molecule has 0 saturated heterocycles. The van der Waals surface area contributed by atoms with Crippen LogP contribution in [0.3, 0.4) is 0 Å². The molecule has 138 valence electrons. The number of hydrogen-bond acceptors (Lipinski definition) is 4. The monoisotopic (exact) mass is 364 g/mol. The zero-order chi connectivity index (χ0) is 18.5. The molecule has 3 heterocycles. The average molecular weight is 364 g/mol. The summed E-state index contributed by atoms with van der Waals surface area (Å²) in [5.74, 6) is 1.92. The number of methoxy groups -OCH3 is 1. The lowest BCUT2D eigenvalue weighted by atomic mass is 9.92. The Hall–Kier alpha value is -3.15. The molecule has 0 aliphatic carbocycles. The van der Waals surface area contributed by atoms with Gasteiger partial charge in [-0.3, -0.25) is 4.79 Å². The molecule has 0 spiro atoms. The van der Waals surface area contributed by atoms with Crippen molar-refractivity contribution >= 4 is 16.8 Å². The fraction of sp³-hybridized carbons (Fsp3) is 0.286. The Labute approximate surface area is 156 Å². The van der Waals surface area contributed by atoms with Crippen LogP contribution in [0.25, 0.3) is 10.9 Å². The van der Waals surface area contributed by atoms with Crippen molar-refractivity contribution in [3.63, 3.8) is 0 Å². The van der Waals surface area contributed by atoms with Crippen LogP contribution < -0.4 is 14.2 Å². The Bertz CT molecular complexity index is 1060. The van der Waals surface area contributed by atoms with Crippen LogP contribution in [0.5, 0.6) is 17.2 Å². The third-order valence-electron chi connectivity index (χ3n) is 5.44. The van der Waals surface area contributed by atoms with Gasteiger partial charge < -0.3 is 24.1 Å². The normalized spacial score (nSPS) is 17.9. The summed E-state index contributed by atoms with van der Waals surface area (Å²) < 4.78 is 16.6. The van der Waals surface area contributed by atoms with Crippen molar-refractivity contribution in [1.82, 2.24) is 9.88 Å². The second-order valence-corrected chi connectivity index (χ2v) is 6.88. The van der Waals surface area contributed by atoms with Gasteiger partial charge in [-0.05, 0) is 35.7 Å². The van der Waals surface area contributed by atoms with Gasteiger partial charge in [-0.2, -0.15) is 0 Å². The van der Waals surface area contributed by atoms with E-state index in [1.807, 2.05) is 29.2 Å². The number of para-hydroxylation sites is 1. The van der Waals surface area contributed by atoms with E-state index in [9.17, 15) is 4.79 Å². The molecule has 2 aliphatic rings. The first-order valence-electron chi connectivity index (χ1n) is 9.01. The fourth-order valence-corrected chi connectivity index (χ4v) is 4.23. The molecule has 0 unspecified atom stereocenters. The first kappa shape index (κ1) is 16.1. The van der Waals surface area contributed by atoms with E-state index in [2.05, 4.69) is 17.1 Å². The first-order valence-corrected chi connectivity index (χ1v) is 9.01. The number of nitrogens with one attached hydrogen (secondary N) is 1. The van der Waals surface area contributed by atoms with Crippen molar-refractivity contribution in [3.8, 4) is 17.2 Å². The summed E-state index contributed by atoms with van der Waals surface area (Å²) in [6, 6.07) is 11.9. The molecule has 1 aromatic heterocycles.